The standard InChI is InChI=1S/C16H23N5O3/c1-11-13(8-21-6-4-5-17-21)15(18-24-11)16(23)20-7-12(10-22)14(9-20)19(2)3/h4-6,12,14,22H,7-10H2,1-3H3/t12-,14+/m0/s1. The van der Waals surface area contributed by atoms with E-state index in [0.29, 0.717) is 31.1 Å². The second-order valence-electron chi connectivity index (χ2n) is 6.45. The van der Waals surface area contributed by atoms with Crippen LogP contribution in [0.1, 0.15) is 21.8 Å². The SMILES string of the molecule is Cc1onc(C(=O)N2C[C@@H](CO)[C@H](N(C)C)C2)c1Cn1cccn1. The number of hydrogen-bond donors (Lipinski definition) is 1. The minimum atomic E-state index is -0.156. The molecule has 130 valence electrons. The molecule has 0 saturated carbocycles. The lowest BCUT2D eigenvalue weighted by Crippen LogP contribution is -2.37. The van der Waals surface area contributed by atoms with Crippen molar-refractivity contribution in [2.75, 3.05) is 33.8 Å². The summed E-state index contributed by atoms with van der Waals surface area (Å²) < 4.78 is 6.99. The van der Waals surface area contributed by atoms with E-state index in [1.165, 1.54) is 0 Å². The lowest BCUT2D eigenvalue weighted by atomic mass is 10.0. The highest BCUT2D eigenvalue weighted by atomic mass is 16.5. The number of aromatic nitrogens is 3. The van der Waals surface area contributed by atoms with Crippen LogP contribution in [0.5, 0.6) is 0 Å². The highest BCUT2D eigenvalue weighted by molar-refractivity contribution is 5.94. The zero-order valence-corrected chi connectivity index (χ0v) is 14.2. The Morgan fingerprint density at radius 3 is 2.83 bits per heavy atom. The van der Waals surface area contributed by atoms with Gasteiger partial charge < -0.3 is 19.4 Å². The number of aliphatic hydroxyl groups is 1. The van der Waals surface area contributed by atoms with Gasteiger partial charge in [-0.25, -0.2) is 0 Å². The molecule has 0 aromatic carbocycles. The van der Waals surface area contributed by atoms with E-state index in [1.54, 1.807) is 22.7 Å². The molecule has 1 fully saturated rings. The molecule has 0 bridgehead atoms. The van der Waals surface area contributed by atoms with Gasteiger partial charge in [-0.3, -0.25) is 9.48 Å². The highest BCUT2D eigenvalue weighted by Gasteiger charge is 2.38. The molecule has 2 aromatic heterocycles. The molecule has 24 heavy (non-hydrogen) atoms. The van der Waals surface area contributed by atoms with Gasteiger partial charge in [0, 0.05) is 49.6 Å². The van der Waals surface area contributed by atoms with Gasteiger partial charge in [-0.1, -0.05) is 5.16 Å². The van der Waals surface area contributed by atoms with Crippen molar-refractivity contribution in [2.24, 2.45) is 5.92 Å². The number of carbonyl (C=O) groups is 1. The monoisotopic (exact) mass is 333 g/mol. The van der Waals surface area contributed by atoms with Crippen LogP contribution in [0.2, 0.25) is 0 Å². The van der Waals surface area contributed by atoms with E-state index in [1.807, 2.05) is 31.3 Å². The highest BCUT2D eigenvalue weighted by Crippen LogP contribution is 2.24. The summed E-state index contributed by atoms with van der Waals surface area (Å²) in [4.78, 5) is 16.7. The van der Waals surface area contributed by atoms with Gasteiger partial charge in [-0.15, -0.1) is 0 Å². The molecule has 1 N–H and O–H groups in total. The van der Waals surface area contributed by atoms with E-state index < -0.39 is 0 Å². The van der Waals surface area contributed by atoms with Crippen LogP contribution < -0.4 is 0 Å². The molecule has 0 spiro atoms. The lowest BCUT2D eigenvalue weighted by molar-refractivity contribution is 0.0767. The molecule has 1 amide bonds. The molecule has 3 rings (SSSR count). The second-order valence-corrected chi connectivity index (χ2v) is 6.45. The molecule has 1 aliphatic rings. The van der Waals surface area contributed by atoms with Crippen molar-refractivity contribution >= 4 is 5.91 Å². The fourth-order valence-electron chi connectivity index (χ4n) is 3.24. The van der Waals surface area contributed by atoms with Gasteiger partial charge in [0.1, 0.15) is 5.76 Å². The molecule has 2 atom stereocenters. The lowest BCUT2D eigenvalue weighted by Gasteiger charge is -2.23. The van der Waals surface area contributed by atoms with E-state index in [4.69, 9.17) is 4.52 Å². The minimum Gasteiger partial charge on any atom is -0.396 e. The topological polar surface area (TPSA) is 87.6 Å². The van der Waals surface area contributed by atoms with Crippen LogP contribution in [-0.4, -0.2) is 75.6 Å². The average Bonchev–Trinajstić information content (AvgIpc) is 3.28. The Balaban J connectivity index is 1.81. The van der Waals surface area contributed by atoms with Gasteiger partial charge in [-0.05, 0) is 27.1 Å². The number of likely N-dealkylation sites (tertiary alicyclic amines) is 1. The van der Waals surface area contributed by atoms with Crippen molar-refractivity contribution in [3.8, 4) is 0 Å². The third-order valence-corrected chi connectivity index (χ3v) is 4.66. The molecule has 1 aliphatic heterocycles. The van der Waals surface area contributed by atoms with Gasteiger partial charge in [-0.2, -0.15) is 5.10 Å². The van der Waals surface area contributed by atoms with Gasteiger partial charge in [0.25, 0.3) is 5.91 Å². The summed E-state index contributed by atoms with van der Waals surface area (Å²) >= 11 is 0. The van der Waals surface area contributed by atoms with E-state index >= 15 is 0 Å². The van der Waals surface area contributed by atoms with E-state index in [9.17, 15) is 9.90 Å². The van der Waals surface area contributed by atoms with Crippen LogP contribution >= 0.6 is 0 Å². The first-order chi connectivity index (χ1) is 11.5. The number of aryl methyl sites for hydroxylation is 1. The molecular weight excluding hydrogens is 310 g/mol. The van der Waals surface area contributed by atoms with Crippen molar-refractivity contribution in [3.63, 3.8) is 0 Å². The van der Waals surface area contributed by atoms with E-state index in [-0.39, 0.29) is 24.5 Å². The second kappa shape index (κ2) is 6.74. The number of amides is 1. The summed E-state index contributed by atoms with van der Waals surface area (Å²) in [6.45, 7) is 3.39. The number of carbonyl (C=O) groups excluding carboxylic acids is 1. The number of likely N-dealkylation sites (N-methyl/N-ethyl adjacent to an activating group) is 1. The number of hydrogen-bond acceptors (Lipinski definition) is 6. The maximum Gasteiger partial charge on any atom is 0.276 e. The summed E-state index contributed by atoms with van der Waals surface area (Å²) in [5, 5.41) is 17.7. The van der Waals surface area contributed by atoms with Gasteiger partial charge in [0.05, 0.1) is 6.54 Å². The van der Waals surface area contributed by atoms with Crippen LogP contribution in [0.4, 0.5) is 0 Å². The molecule has 0 radical (unpaired) electrons. The third-order valence-electron chi connectivity index (χ3n) is 4.66. The largest absolute Gasteiger partial charge is 0.396 e. The third kappa shape index (κ3) is 3.07. The normalized spacial score (nSPS) is 21.0. The molecule has 2 aromatic rings. The number of rotatable bonds is 5. The Kier molecular flexibility index (Phi) is 4.68. The Bertz CT molecular complexity index is 695. The summed E-state index contributed by atoms with van der Waals surface area (Å²) in [6, 6.07) is 1.97. The van der Waals surface area contributed by atoms with Crippen molar-refractivity contribution in [1.29, 1.82) is 0 Å². The van der Waals surface area contributed by atoms with Crippen LogP contribution in [0.25, 0.3) is 0 Å². The maximum atomic E-state index is 12.9. The van der Waals surface area contributed by atoms with Crippen LogP contribution in [0.3, 0.4) is 0 Å². The predicted octanol–water partition coefficient (Wildman–Crippen LogP) is 0.222. The summed E-state index contributed by atoms with van der Waals surface area (Å²) in [7, 11) is 3.93. The Hall–Kier alpha value is -2.19. The molecule has 3 heterocycles. The first-order valence-electron chi connectivity index (χ1n) is 8.00. The Morgan fingerprint density at radius 1 is 1.46 bits per heavy atom. The number of nitrogens with zero attached hydrogens (tertiary/aromatic N) is 5. The zero-order valence-electron chi connectivity index (χ0n) is 14.2. The van der Waals surface area contributed by atoms with Crippen LogP contribution in [0, 0.1) is 12.8 Å². The van der Waals surface area contributed by atoms with Crippen molar-refractivity contribution < 1.29 is 14.4 Å². The van der Waals surface area contributed by atoms with Gasteiger partial charge >= 0.3 is 0 Å². The van der Waals surface area contributed by atoms with Crippen LogP contribution in [-0.2, 0) is 6.54 Å². The van der Waals surface area contributed by atoms with E-state index in [0.717, 1.165) is 5.56 Å². The predicted molar refractivity (Wildman–Crippen MR) is 86.5 cm³/mol. The number of aliphatic hydroxyl groups excluding tert-OH is 1. The van der Waals surface area contributed by atoms with Crippen molar-refractivity contribution in [1.82, 2.24) is 24.7 Å². The van der Waals surface area contributed by atoms with E-state index in [2.05, 4.69) is 10.3 Å². The molecule has 1 saturated heterocycles. The Labute approximate surface area is 140 Å². The quantitative estimate of drug-likeness (QED) is 0.842. The van der Waals surface area contributed by atoms with Crippen molar-refractivity contribution in [3.05, 3.63) is 35.5 Å². The summed E-state index contributed by atoms with van der Waals surface area (Å²) in [5.74, 6) is 0.513. The minimum absolute atomic E-state index is 0.0477. The summed E-state index contributed by atoms with van der Waals surface area (Å²) in [6.07, 6.45) is 3.53. The van der Waals surface area contributed by atoms with Crippen LogP contribution in [0.15, 0.2) is 23.0 Å². The molecular formula is C16H23N5O3. The fourth-order valence-corrected chi connectivity index (χ4v) is 3.24. The molecule has 0 unspecified atom stereocenters. The molecule has 8 nitrogen and oxygen atoms in total. The summed E-state index contributed by atoms with van der Waals surface area (Å²) in [5.41, 5.74) is 1.08. The zero-order chi connectivity index (χ0) is 17.3. The fraction of sp³-hybridized carbons (Fsp3) is 0.562. The van der Waals surface area contributed by atoms with Gasteiger partial charge in [0.2, 0.25) is 0 Å². The Morgan fingerprint density at radius 2 is 2.25 bits per heavy atom. The molecule has 8 heteroatoms. The smallest absolute Gasteiger partial charge is 0.276 e. The van der Waals surface area contributed by atoms with Gasteiger partial charge in [0.15, 0.2) is 5.69 Å². The van der Waals surface area contributed by atoms with Crippen molar-refractivity contribution in [2.45, 2.75) is 19.5 Å². The maximum absolute atomic E-state index is 12.9. The average molecular weight is 333 g/mol. The first kappa shape index (κ1) is 16.7. The molecule has 0 aliphatic carbocycles. The first-order valence-corrected chi connectivity index (χ1v) is 8.00.